The van der Waals surface area contributed by atoms with Gasteiger partial charge in [0.15, 0.2) is 11.5 Å². The molecule has 0 bridgehead atoms. The van der Waals surface area contributed by atoms with Crippen LogP contribution < -0.4 is 9.47 Å². The lowest BCUT2D eigenvalue weighted by Crippen LogP contribution is -1.97. The second-order valence-electron chi connectivity index (χ2n) is 3.25. The number of benzene rings is 1. The van der Waals surface area contributed by atoms with E-state index in [0.29, 0.717) is 5.56 Å². The van der Waals surface area contributed by atoms with Gasteiger partial charge >= 0.3 is 5.97 Å². The molecule has 0 heterocycles. The van der Waals surface area contributed by atoms with Crippen LogP contribution in [0.3, 0.4) is 0 Å². The molecular weight excluding hydrogens is 238 g/mol. The Morgan fingerprint density at radius 3 is 2.17 bits per heavy atom. The van der Waals surface area contributed by atoms with Crippen LogP contribution in [0.5, 0.6) is 17.2 Å². The molecule has 0 unspecified atom stereocenters. The maximum atomic E-state index is 10.7. The van der Waals surface area contributed by atoms with Gasteiger partial charge < -0.3 is 19.7 Å². The fourth-order valence-corrected chi connectivity index (χ4v) is 1.31. The molecule has 0 spiro atoms. The Bertz CT molecular complexity index is 517. The number of carbonyl (C=O) groups is 1. The average molecular weight is 249 g/mol. The molecule has 1 rings (SSSR count). The minimum atomic E-state index is -1.33. The fourth-order valence-electron chi connectivity index (χ4n) is 1.31. The highest BCUT2D eigenvalue weighted by Gasteiger charge is 2.12. The first-order valence-electron chi connectivity index (χ1n) is 4.83. The maximum Gasteiger partial charge on any atom is 0.346 e. The quantitative estimate of drug-likeness (QED) is 0.618. The molecule has 0 saturated heterocycles. The summed E-state index contributed by atoms with van der Waals surface area (Å²) >= 11 is 0. The van der Waals surface area contributed by atoms with Crippen LogP contribution >= 0.6 is 0 Å². The molecule has 0 aliphatic carbocycles. The maximum absolute atomic E-state index is 10.7. The predicted molar refractivity (Wildman–Crippen MR) is 62.4 cm³/mol. The molecule has 6 heteroatoms. The third kappa shape index (κ3) is 2.71. The molecule has 0 aromatic heterocycles. The van der Waals surface area contributed by atoms with E-state index in [0.717, 1.165) is 6.08 Å². The topological polar surface area (TPSA) is 99.8 Å². The third-order valence-corrected chi connectivity index (χ3v) is 2.16. The van der Waals surface area contributed by atoms with Crippen molar-refractivity contribution in [3.63, 3.8) is 0 Å². The first-order chi connectivity index (χ1) is 8.53. The van der Waals surface area contributed by atoms with Crippen molar-refractivity contribution >= 4 is 12.0 Å². The Hall–Kier alpha value is -2.68. The van der Waals surface area contributed by atoms with Crippen molar-refractivity contribution in [3.8, 4) is 23.3 Å². The SMILES string of the molecule is COc1cc(/C=C(\C#N)C(=O)O)cc(OC)c1O. The predicted octanol–water partition coefficient (Wildman–Crippen LogP) is 1.40. The zero-order chi connectivity index (χ0) is 13.7. The molecule has 18 heavy (non-hydrogen) atoms. The molecule has 2 N–H and O–H groups in total. The normalized spacial score (nSPS) is 10.6. The van der Waals surface area contributed by atoms with Crippen molar-refractivity contribution in [1.82, 2.24) is 0 Å². The van der Waals surface area contributed by atoms with Gasteiger partial charge in [0.2, 0.25) is 5.75 Å². The van der Waals surface area contributed by atoms with Gasteiger partial charge in [-0.05, 0) is 23.8 Å². The van der Waals surface area contributed by atoms with Gasteiger partial charge in [-0.15, -0.1) is 0 Å². The molecule has 0 aliphatic heterocycles. The number of carboxylic acids is 1. The molecule has 94 valence electrons. The van der Waals surface area contributed by atoms with Crippen LogP contribution in [0.1, 0.15) is 5.56 Å². The number of hydrogen-bond donors (Lipinski definition) is 2. The highest BCUT2D eigenvalue weighted by Crippen LogP contribution is 2.37. The van der Waals surface area contributed by atoms with Crippen LogP contribution in [0.25, 0.3) is 6.08 Å². The number of aromatic hydroxyl groups is 1. The van der Waals surface area contributed by atoms with E-state index in [-0.39, 0.29) is 17.2 Å². The van der Waals surface area contributed by atoms with Crippen LogP contribution in [-0.4, -0.2) is 30.4 Å². The van der Waals surface area contributed by atoms with E-state index < -0.39 is 11.5 Å². The molecule has 0 radical (unpaired) electrons. The Labute approximate surface area is 103 Å². The molecule has 0 amide bonds. The molecule has 1 aromatic carbocycles. The van der Waals surface area contributed by atoms with E-state index in [2.05, 4.69) is 0 Å². The summed E-state index contributed by atoms with van der Waals surface area (Å²) in [7, 11) is 2.70. The summed E-state index contributed by atoms with van der Waals surface area (Å²) in [5.41, 5.74) is -0.0507. The summed E-state index contributed by atoms with van der Waals surface area (Å²) in [5, 5.41) is 27.1. The monoisotopic (exact) mass is 249 g/mol. The summed E-state index contributed by atoms with van der Waals surface area (Å²) in [6.07, 6.45) is 1.16. The Morgan fingerprint density at radius 2 is 1.83 bits per heavy atom. The van der Waals surface area contributed by atoms with Gasteiger partial charge in [0.25, 0.3) is 0 Å². The minimum absolute atomic E-state index is 0.128. The number of nitriles is 1. The van der Waals surface area contributed by atoms with E-state index in [4.69, 9.17) is 19.8 Å². The number of aliphatic carboxylic acids is 1. The van der Waals surface area contributed by atoms with Gasteiger partial charge in [-0.3, -0.25) is 0 Å². The molecule has 1 aromatic rings. The first-order valence-corrected chi connectivity index (χ1v) is 4.83. The number of methoxy groups -OCH3 is 2. The van der Waals surface area contributed by atoms with E-state index in [9.17, 15) is 9.90 Å². The molecule has 0 aliphatic rings. The van der Waals surface area contributed by atoms with Crippen LogP contribution in [0, 0.1) is 11.3 Å². The largest absolute Gasteiger partial charge is 0.502 e. The summed E-state index contributed by atoms with van der Waals surface area (Å²) in [6.45, 7) is 0. The van der Waals surface area contributed by atoms with Gasteiger partial charge in [0.05, 0.1) is 14.2 Å². The number of ether oxygens (including phenoxy) is 2. The van der Waals surface area contributed by atoms with Crippen molar-refractivity contribution in [1.29, 1.82) is 5.26 Å². The summed E-state index contributed by atoms with van der Waals surface area (Å²) in [6, 6.07) is 4.36. The summed E-state index contributed by atoms with van der Waals surface area (Å²) in [4.78, 5) is 10.7. The zero-order valence-electron chi connectivity index (χ0n) is 9.80. The zero-order valence-corrected chi connectivity index (χ0v) is 9.80. The lowest BCUT2D eigenvalue weighted by Gasteiger charge is -2.09. The molecule has 0 atom stereocenters. The second kappa shape index (κ2) is 5.59. The molecule has 0 fully saturated rings. The molecule has 6 nitrogen and oxygen atoms in total. The van der Waals surface area contributed by atoms with Gasteiger partial charge in [-0.25, -0.2) is 4.79 Å². The Kier molecular flexibility index (Phi) is 4.16. The number of carboxylic acid groups (broad SMARTS) is 1. The summed E-state index contributed by atoms with van der Waals surface area (Å²) < 4.78 is 9.83. The lowest BCUT2D eigenvalue weighted by molar-refractivity contribution is -0.132. The van der Waals surface area contributed by atoms with Gasteiger partial charge in [0.1, 0.15) is 11.6 Å². The average Bonchev–Trinajstić information content (AvgIpc) is 2.36. The highest BCUT2D eigenvalue weighted by atomic mass is 16.5. The smallest absolute Gasteiger partial charge is 0.346 e. The van der Waals surface area contributed by atoms with E-state index in [1.807, 2.05) is 0 Å². The van der Waals surface area contributed by atoms with Crippen LogP contribution in [0.15, 0.2) is 17.7 Å². The van der Waals surface area contributed by atoms with E-state index in [1.165, 1.54) is 26.4 Å². The third-order valence-electron chi connectivity index (χ3n) is 2.16. The highest BCUT2D eigenvalue weighted by molar-refractivity contribution is 5.96. The van der Waals surface area contributed by atoms with Crippen LogP contribution in [0.4, 0.5) is 0 Å². The van der Waals surface area contributed by atoms with Crippen molar-refractivity contribution in [3.05, 3.63) is 23.3 Å². The van der Waals surface area contributed by atoms with E-state index in [1.54, 1.807) is 6.07 Å². The van der Waals surface area contributed by atoms with Gasteiger partial charge in [-0.2, -0.15) is 5.26 Å². The first kappa shape index (κ1) is 13.4. The van der Waals surface area contributed by atoms with Crippen molar-refractivity contribution < 1.29 is 24.5 Å². The Balaban J connectivity index is 3.35. The number of phenolic OH excluding ortho intramolecular Hbond substituents is 1. The Morgan fingerprint density at radius 1 is 1.33 bits per heavy atom. The summed E-state index contributed by atoms with van der Waals surface area (Å²) in [5.74, 6) is -1.26. The number of phenols is 1. The van der Waals surface area contributed by atoms with Crippen molar-refractivity contribution in [2.24, 2.45) is 0 Å². The minimum Gasteiger partial charge on any atom is -0.502 e. The van der Waals surface area contributed by atoms with Crippen molar-refractivity contribution in [2.45, 2.75) is 0 Å². The van der Waals surface area contributed by atoms with Gasteiger partial charge in [0, 0.05) is 0 Å². The molecular formula is C12H11NO5. The van der Waals surface area contributed by atoms with Crippen LogP contribution in [0.2, 0.25) is 0 Å². The number of hydrogen-bond acceptors (Lipinski definition) is 5. The number of nitrogens with zero attached hydrogens (tertiary/aromatic N) is 1. The molecule has 0 saturated carbocycles. The standard InChI is InChI=1S/C12H11NO5/c1-17-9-4-7(3-8(6-13)12(15)16)5-10(18-2)11(9)14/h3-5,14H,1-2H3,(H,15,16)/b8-3+. The van der Waals surface area contributed by atoms with Gasteiger partial charge in [-0.1, -0.05) is 0 Å². The fraction of sp³-hybridized carbons (Fsp3) is 0.167. The van der Waals surface area contributed by atoms with Crippen LogP contribution in [-0.2, 0) is 4.79 Å². The second-order valence-corrected chi connectivity index (χ2v) is 3.25. The van der Waals surface area contributed by atoms with Crippen molar-refractivity contribution in [2.75, 3.05) is 14.2 Å². The number of rotatable bonds is 4. The lowest BCUT2D eigenvalue weighted by atomic mass is 10.1. The van der Waals surface area contributed by atoms with E-state index >= 15 is 0 Å².